The topological polar surface area (TPSA) is 42.4 Å². The molecule has 0 N–H and O–H groups in total. The van der Waals surface area contributed by atoms with Gasteiger partial charge in [-0.05, 0) is 13.8 Å². The summed E-state index contributed by atoms with van der Waals surface area (Å²) >= 11 is 1.73. The Labute approximate surface area is 99.2 Å². The standard InChI is InChI=1S/C11H16N2O2S/c1-3-15-11(14)7-13-5-4-9-10(6-13)16-8(2)12-9/h3-7H2,1-2H3. The zero-order valence-electron chi connectivity index (χ0n) is 9.65. The Morgan fingerprint density at radius 2 is 2.44 bits per heavy atom. The number of nitrogens with zero attached hydrogens (tertiary/aromatic N) is 2. The van der Waals surface area contributed by atoms with Crippen LogP contribution in [-0.2, 0) is 22.5 Å². The van der Waals surface area contributed by atoms with Gasteiger partial charge < -0.3 is 4.74 Å². The smallest absolute Gasteiger partial charge is 0.320 e. The average Bonchev–Trinajstić information content (AvgIpc) is 2.57. The van der Waals surface area contributed by atoms with Crippen LogP contribution in [0.15, 0.2) is 0 Å². The van der Waals surface area contributed by atoms with Crippen LogP contribution in [0.5, 0.6) is 0 Å². The number of aryl methyl sites for hydroxylation is 1. The molecule has 0 fully saturated rings. The quantitative estimate of drug-likeness (QED) is 0.748. The zero-order valence-corrected chi connectivity index (χ0v) is 10.5. The first kappa shape index (κ1) is 11.5. The predicted octanol–water partition coefficient (Wildman–Crippen LogP) is 1.37. The third-order valence-electron chi connectivity index (χ3n) is 2.58. The van der Waals surface area contributed by atoms with Crippen molar-refractivity contribution in [1.82, 2.24) is 9.88 Å². The highest BCUT2D eigenvalue weighted by atomic mass is 32.1. The largest absolute Gasteiger partial charge is 0.465 e. The lowest BCUT2D eigenvalue weighted by Gasteiger charge is -2.24. The lowest BCUT2D eigenvalue weighted by molar-refractivity contribution is -0.144. The minimum Gasteiger partial charge on any atom is -0.465 e. The minimum absolute atomic E-state index is 0.132. The summed E-state index contributed by atoms with van der Waals surface area (Å²) < 4.78 is 4.94. The Hall–Kier alpha value is -0.940. The zero-order chi connectivity index (χ0) is 11.5. The molecule has 0 saturated heterocycles. The second-order valence-electron chi connectivity index (χ2n) is 3.87. The van der Waals surface area contributed by atoms with Gasteiger partial charge in [-0.25, -0.2) is 4.98 Å². The van der Waals surface area contributed by atoms with E-state index in [0.29, 0.717) is 13.2 Å². The number of fused-ring (bicyclic) bond motifs is 1. The molecule has 4 nitrogen and oxygen atoms in total. The van der Waals surface area contributed by atoms with Gasteiger partial charge in [-0.2, -0.15) is 0 Å². The molecule has 1 aliphatic heterocycles. The van der Waals surface area contributed by atoms with Crippen molar-refractivity contribution in [3.8, 4) is 0 Å². The van der Waals surface area contributed by atoms with E-state index in [4.69, 9.17) is 4.74 Å². The van der Waals surface area contributed by atoms with Crippen LogP contribution in [0, 0.1) is 6.92 Å². The van der Waals surface area contributed by atoms with Crippen LogP contribution in [0.3, 0.4) is 0 Å². The lowest BCUT2D eigenvalue weighted by Crippen LogP contribution is -2.35. The first-order valence-electron chi connectivity index (χ1n) is 5.52. The molecule has 2 heterocycles. The highest BCUT2D eigenvalue weighted by Gasteiger charge is 2.21. The van der Waals surface area contributed by atoms with Crippen LogP contribution in [0.4, 0.5) is 0 Å². The first-order valence-corrected chi connectivity index (χ1v) is 6.34. The molecule has 0 amide bonds. The van der Waals surface area contributed by atoms with Gasteiger partial charge in [0.1, 0.15) is 0 Å². The molecule has 0 aliphatic carbocycles. The lowest BCUT2D eigenvalue weighted by atomic mass is 10.2. The number of hydrogen-bond donors (Lipinski definition) is 0. The molecule has 1 aliphatic rings. The molecular weight excluding hydrogens is 224 g/mol. The van der Waals surface area contributed by atoms with Gasteiger partial charge in [0.25, 0.3) is 0 Å². The molecule has 2 rings (SSSR count). The summed E-state index contributed by atoms with van der Waals surface area (Å²) in [6.07, 6.45) is 0.944. The van der Waals surface area contributed by atoms with E-state index in [1.54, 1.807) is 11.3 Å². The highest BCUT2D eigenvalue weighted by Crippen LogP contribution is 2.24. The van der Waals surface area contributed by atoms with Gasteiger partial charge in [0.15, 0.2) is 0 Å². The number of esters is 1. The van der Waals surface area contributed by atoms with E-state index in [0.717, 1.165) is 24.5 Å². The SMILES string of the molecule is CCOC(=O)CN1CCc2nc(C)sc2C1. The molecule has 0 bridgehead atoms. The Kier molecular flexibility index (Phi) is 3.56. The fraction of sp³-hybridized carbons (Fsp3) is 0.636. The van der Waals surface area contributed by atoms with Crippen LogP contribution in [0.1, 0.15) is 22.5 Å². The summed E-state index contributed by atoms with van der Waals surface area (Å²) in [5, 5.41) is 1.11. The number of aromatic nitrogens is 1. The van der Waals surface area contributed by atoms with E-state index in [2.05, 4.69) is 9.88 Å². The molecule has 88 valence electrons. The molecule has 5 heteroatoms. The molecule has 0 saturated carbocycles. The Bertz CT molecular complexity index is 389. The van der Waals surface area contributed by atoms with Gasteiger partial charge in [-0.1, -0.05) is 0 Å². The van der Waals surface area contributed by atoms with Crippen LogP contribution in [0.2, 0.25) is 0 Å². The third kappa shape index (κ3) is 2.59. The predicted molar refractivity (Wildman–Crippen MR) is 62.5 cm³/mol. The van der Waals surface area contributed by atoms with Crippen molar-refractivity contribution >= 4 is 17.3 Å². The van der Waals surface area contributed by atoms with E-state index in [9.17, 15) is 4.79 Å². The van der Waals surface area contributed by atoms with Crippen LogP contribution in [-0.4, -0.2) is 35.5 Å². The van der Waals surface area contributed by atoms with Gasteiger partial charge >= 0.3 is 5.97 Å². The monoisotopic (exact) mass is 240 g/mol. The van der Waals surface area contributed by atoms with Gasteiger partial charge in [0.2, 0.25) is 0 Å². The molecule has 1 aromatic heterocycles. The van der Waals surface area contributed by atoms with Gasteiger partial charge in [0.05, 0.1) is 23.9 Å². The summed E-state index contributed by atoms with van der Waals surface area (Å²) in [5.74, 6) is -0.132. The number of ether oxygens (including phenoxy) is 1. The number of carbonyl (C=O) groups excluding carboxylic acids is 1. The molecule has 0 aromatic carbocycles. The van der Waals surface area contributed by atoms with E-state index < -0.39 is 0 Å². The van der Waals surface area contributed by atoms with E-state index in [-0.39, 0.29) is 5.97 Å². The minimum atomic E-state index is -0.132. The van der Waals surface area contributed by atoms with Crippen molar-refractivity contribution in [2.24, 2.45) is 0 Å². The number of thiazole rings is 1. The summed E-state index contributed by atoms with van der Waals surface area (Å²) in [5.41, 5.74) is 1.21. The fourth-order valence-electron chi connectivity index (χ4n) is 1.90. The second-order valence-corrected chi connectivity index (χ2v) is 5.16. The van der Waals surface area contributed by atoms with E-state index in [1.165, 1.54) is 10.6 Å². The van der Waals surface area contributed by atoms with Crippen LogP contribution >= 0.6 is 11.3 Å². The Balaban J connectivity index is 1.94. The molecule has 0 radical (unpaired) electrons. The molecule has 0 unspecified atom stereocenters. The van der Waals surface area contributed by atoms with Gasteiger partial charge in [-0.3, -0.25) is 9.69 Å². The molecule has 0 atom stereocenters. The summed E-state index contributed by atoms with van der Waals surface area (Å²) in [4.78, 5) is 19.3. The summed E-state index contributed by atoms with van der Waals surface area (Å²) in [7, 11) is 0. The van der Waals surface area contributed by atoms with E-state index in [1.807, 2.05) is 13.8 Å². The van der Waals surface area contributed by atoms with Gasteiger partial charge in [-0.15, -0.1) is 11.3 Å². The molecule has 1 aromatic rings. The normalized spacial score (nSPS) is 15.9. The Morgan fingerprint density at radius 3 is 3.19 bits per heavy atom. The van der Waals surface area contributed by atoms with Crippen molar-refractivity contribution in [2.75, 3.05) is 19.7 Å². The van der Waals surface area contributed by atoms with Crippen LogP contribution < -0.4 is 0 Å². The Morgan fingerprint density at radius 1 is 1.62 bits per heavy atom. The van der Waals surface area contributed by atoms with E-state index >= 15 is 0 Å². The summed E-state index contributed by atoms with van der Waals surface area (Å²) in [6.45, 7) is 6.44. The molecule has 16 heavy (non-hydrogen) atoms. The summed E-state index contributed by atoms with van der Waals surface area (Å²) in [6, 6.07) is 0. The maximum absolute atomic E-state index is 11.4. The first-order chi connectivity index (χ1) is 7.69. The second kappa shape index (κ2) is 4.93. The maximum Gasteiger partial charge on any atom is 0.320 e. The van der Waals surface area contributed by atoms with Crippen molar-refractivity contribution in [1.29, 1.82) is 0 Å². The van der Waals surface area contributed by atoms with Crippen molar-refractivity contribution in [3.63, 3.8) is 0 Å². The van der Waals surface area contributed by atoms with Crippen molar-refractivity contribution < 1.29 is 9.53 Å². The van der Waals surface area contributed by atoms with Crippen molar-refractivity contribution in [3.05, 3.63) is 15.6 Å². The average molecular weight is 240 g/mol. The molecule has 0 spiro atoms. The number of hydrogen-bond acceptors (Lipinski definition) is 5. The maximum atomic E-state index is 11.4. The number of rotatable bonds is 3. The molecular formula is C11H16N2O2S. The third-order valence-corrected chi connectivity index (χ3v) is 3.57. The number of carbonyl (C=O) groups is 1. The van der Waals surface area contributed by atoms with Crippen LogP contribution in [0.25, 0.3) is 0 Å². The fourth-order valence-corrected chi connectivity index (χ4v) is 2.93. The van der Waals surface area contributed by atoms with Gasteiger partial charge in [0, 0.05) is 24.4 Å². The highest BCUT2D eigenvalue weighted by molar-refractivity contribution is 7.11. The van der Waals surface area contributed by atoms with Crippen molar-refractivity contribution in [2.45, 2.75) is 26.8 Å².